The van der Waals surface area contributed by atoms with Crippen LogP contribution in [-0.2, 0) is 4.79 Å². The highest BCUT2D eigenvalue weighted by Gasteiger charge is 2.25. The molecule has 1 saturated heterocycles. The third-order valence-corrected chi connectivity index (χ3v) is 5.40. The van der Waals surface area contributed by atoms with Gasteiger partial charge in [-0.3, -0.25) is 4.79 Å². The smallest absolute Gasteiger partial charge is 0.223 e. The SMILES string of the molecule is Cc1ccc([C@@H](CC(=O)N2CCCCC2)c2ccccc2)c(O)c1C. The molecule has 1 aliphatic rings. The first-order chi connectivity index (χ1) is 12.1. The summed E-state index contributed by atoms with van der Waals surface area (Å²) in [6, 6.07) is 14.1. The standard InChI is InChI=1S/C22H27NO2/c1-16-11-12-19(22(25)17(16)2)20(18-9-5-3-6-10-18)15-21(24)23-13-7-4-8-14-23/h3,5-6,9-12,20,25H,4,7-8,13-15H2,1-2H3/t20-/m0/s1. The van der Waals surface area contributed by atoms with Gasteiger partial charge in [-0.25, -0.2) is 0 Å². The van der Waals surface area contributed by atoms with Crippen molar-refractivity contribution in [3.05, 3.63) is 64.7 Å². The average Bonchev–Trinajstić information content (AvgIpc) is 2.66. The lowest BCUT2D eigenvalue weighted by atomic mass is 9.85. The molecular formula is C22H27NO2. The molecule has 1 atom stereocenters. The fourth-order valence-corrected chi connectivity index (χ4v) is 3.64. The Morgan fingerprint density at radius 2 is 1.72 bits per heavy atom. The van der Waals surface area contributed by atoms with Gasteiger partial charge in [0.2, 0.25) is 5.91 Å². The molecule has 0 bridgehead atoms. The molecule has 1 amide bonds. The Bertz CT molecular complexity index is 733. The number of phenols is 1. The summed E-state index contributed by atoms with van der Waals surface area (Å²) in [4.78, 5) is 14.8. The van der Waals surface area contributed by atoms with E-state index in [9.17, 15) is 9.90 Å². The number of aromatic hydroxyl groups is 1. The molecule has 0 radical (unpaired) electrons. The molecule has 0 aliphatic carbocycles. The van der Waals surface area contributed by atoms with E-state index in [2.05, 4.69) is 0 Å². The lowest BCUT2D eigenvalue weighted by molar-refractivity contribution is -0.132. The normalized spacial score (nSPS) is 15.8. The van der Waals surface area contributed by atoms with Gasteiger partial charge in [0.05, 0.1) is 0 Å². The number of rotatable bonds is 4. The number of hydrogen-bond donors (Lipinski definition) is 1. The van der Waals surface area contributed by atoms with Crippen molar-refractivity contribution in [1.29, 1.82) is 0 Å². The van der Waals surface area contributed by atoms with E-state index in [1.54, 1.807) is 0 Å². The summed E-state index contributed by atoms with van der Waals surface area (Å²) in [5, 5.41) is 10.7. The number of aryl methyl sites for hydroxylation is 1. The minimum Gasteiger partial charge on any atom is -0.507 e. The lowest BCUT2D eigenvalue weighted by Crippen LogP contribution is -2.36. The molecule has 3 nitrogen and oxygen atoms in total. The summed E-state index contributed by atoms with van der Waals surface area (Å²) in [5.41, 5.74) is 3.88. The molecule has 1 N–H and O–H groups in total. The van der Waals surface area contributed by atoms with Crippen LogP contribution in [0.25, 0.3) is 0 Å². The zero-order chi connectivity index (χ0) is 17.8. The van der Waals surface area contributed by atoms with Gasteiger partial charge in [0, 0.05) is 31.0 Å². The molecular weight excluding hydrogens is 310 g/mol. The molecule has 1 aliphatic heterocycles. The highest BCUT2D eigenvalue weighted by molar-refractivity contribution is 5.78. The van der Waals surface area contributed by atoms with Gasteiger partial charge in [-0.05, 0) is 49.8 Å². The molecule has 132 valence electrons. The Morgan fingerprint density at radius 1 is 1.04 bits per heavy atom. The van der Waals surface area contributed by atoms with Crippen LogP contribution in [0.15, 0.2) is 42.5 Å². The molecule has 0 aromatic heterocycles. The van der Waals surface area contributed by atoms with Crippen LogP contribution in [0.5, 0.6) is 5.75 Å². The number of phenolic OH excluding ortho intramolecular Hbond substituents is 1. The van der Waals surface area contributed by atoms with E-state index in [1.165, 1.54) is 6.42 Å². The molecule has 1 heterocycles. The molecule has 3 heteroatoms. The molecule has 1 fully saturated rings. The molecule has 25 heavy (non-hydrogen) atoms. The first kappa shape index (κ1) is 17.5. The Balaban J connectivity index is 1.93. The maximum absolute atomic E-state index is 12.9. The highest BCUT2D eigenvalue weighted by Crippen LogP contribution is 2.37. The second-order valence-corrected chi connectivity index (χ2v) is 7.05. The van der Waals surface area contributed by atoms with Crippen LogP contribution in [-0.4, -0.2) is 29.0 Å². The molecule has 0 saturated carbocycles. The van der Waals surface area contributed by atoms with Gasteiger partial charge in [-0.2, -0.15) is 0 Å². The summed E-state index contributed by atoms with van der Waals surface area (Å²) < 4.78 is 0. The lowest BCUT2D eigenvalue weighted by Gasteiger charge is -2.29. The van der Waals surface area contributed by atoms with Gasteiger partial charge in [0.1, 0.15) is 5.75 Å². The van der Waals surface area contributed by atoms with Crippen molar-refractivity contribution in [3.63, 3.8) is 0 Å². The van der Waals surface area contributed by atoms with Crippen LogP contribution in [0.2, 0.25) is 0 Å². The topological polar surface area (TPSA) is 40.5 Å². The largest absolute Gasteiger partial charge is 0.507 e. The Morgan fingerprint density at radius 3 is 2.40 bits per heavy atom. The molecule has 0 spiro atoms. The summed E-state index contributed by atoms with van der Waals surface area (Å²) in [5.74, 6) is 0.390. The molecule has 2 aromatic rings. The van der Waals surface area contributed by atoms with E-state index < -0.39 is 0 Å². The molecule has 0 unspecified atom stereocenters. The van der Waals surface area contributed by atoms with Gasteiger partial charge in [-0.1, -0.05) is 42.5 Å². The van der Waals surface area contributed by atoms with E-state index in [0.29, 0.717) is 12.2 Å². The predicted octanol–water partition coefficient (Wildman–Crippen LogP) is 4.54. The van der Waals surface area contributed by atoms with Crippen LogP contribution in [0.4, 0.5) is 0 Å². The maximum Gasteiger partial charge on any atom is 0.223 e. The Labute approximate surface area is 150 Å². The van der Waals surface area contributed by atoms with Crippen molar-refractivity contribution < 1.29 is 9.90 Å². The van der Waals surface area contributed by atoms with Gasteiger partial charge < -0.3 is 10.0 Å². The van der Waals surface area contributed by atoms with Gasteiger partial charge >= 0.3 is 0 Å². The van der Waals surface area contributed by atoms with Crippen LogP contribution < -0.4 is 0 Å². The first-order valence-electron chi connectivity index (χ1n) is 9.19. The van der Waals surface area contributed by atoms with Crippen molar-refractivity contribution >= 4 is 5.91 Å². The van der Waals surface area contributed by atoms with E-state index in [4.69, 9.17) is 0 Å². The van der Waals surface area contributed by atoms with Gasteiger partial charge in [0.15, 0.2) is 0 Å². The van der Waals surface area contributed by atoms with E-state index in [0.717, 1.165) is 48.2 Å². The van der Waals surface area contributed by atoms with Crippen molar-refractivity contribution in [2.45, 2.75) is 45.4 Å². The number of benzene rings is 2. The van der Waals surface area contributed by atoms with E-state index >= 15 is 0 Å². The zero-order valence-electron chi connectivity index (χ0n) is 15.2. The summed E-state index contributed by atoms with van der Waals surface area (Å²) >= 11 is 0. The number of likely N-dealkylation sites (tertiary alicyclic amines) is 1. The fraction of sp³-hybridized carbons (Fsp3) is 0.409. The van der Waals surface area contributed by atoms with Crippen molar-refractivity contribution in [3.8, 4) is 5.75 Å². The maximum atomic E-state index is 12.9. The molecule has 2 aromatic carbocycles. The van der Waals surface area contributed by atoms with Crippen LogP contribution in [0.1, 0.15) is 53.9 Å². The number of carbonyl (C=O) groups excluding carboxylic acids is 1. The summed E-state index contributed by atoms with van der Waals surface area (Å²) in [6.07, 6.45) is 3.80. The van der Waals surface area contributed by atoms with Crippen LogP contribution in [0, 0.1) is 13.8 Å². The minimum atomic E-state index is -0.116. The quantitative estimate of drug-likeness (QED) is 0.889. The second kappa shape index (κ2) is 7.73. The minimum absolute atomic E-state index is 0.116. The zero-order valence-corrected chi connectivity index (χ0v) is 15.2. The summed E-state index contributed by atoms with van der Waals surface area (Å²) in [7, 11) is 0. The number of nitrogens with zero attached hydrogens (tertiary/aromatic N) is 1. The monoisotopic (exact) mass is 337 g/mol. The number of amides is 1. The summed E-state index contributed by atoms with van der Waals surface area (Å²) in [6.45, 7) is 5.65. The number of carbonyl (C=O) groups is 1. The third kappa shape index (κ3) is 3.87. The highest BCUT2D eigenvalue weighted by atomic mass is 16.3. The Hall–Kier alpha value is -2.29. The predicted molar refractivity (Wildman–Crippen MR) is 101 cm³/mol. The van der Waals surface area contributed by atoms with E-state index in [1.807, 2.05) is 61.2 Å². The van der Waals surface area contributed by atoms with Gasteiger partial charge in [0.25, 0.3) is 0 Å². The molecule has 3 rings (SSSR count). The number of piperidine rings is 1. The fourth-order valence-electron chi connectivity index (χ4n) is 3.64. The van der Waals surface area contributed by atoms with Crippen LogP contribution in [0.3, 0.4) is 0 Å². The van der Waals surface area contributed by atoms with Crippen molar-refractivity contribution in [2.24, 2.45) is 0 Å². The second-order valence-electron chi connectivity index (χ2n) is 7.05. The van der Waals surface area contributed by atoms with E-state index in [-0.39, 0.29) is 11.8 Å². The number of hydrogen-bond acceptors (Lipinski definition) is 2. The first-order valence-corrected chi connectivity index (χ1v) is 9.19. The van der Waals surface area contributed by atoms with Crippen molar-refractivity contribution in [2.75, 3.05) is 13.1 Å². The third-order valence-electron chi connectivity index (χ3n) is 5.40. The Kier molecular flexibility index (Phi) is 5.42. The van der Waals surface area contributed by atoms with Crippen LogP contribution >= 0.6 is 0 Å². The average molecular weight is 337 g/mol. The van der Waals surface area contributed by atoms with Gasteiger partial charge in [-0.15, -0.1) is 0 Å². The van der Waals surface area contributed by atoms with Crippen molar-refractivity contribution in [1.82, 2.24) is 4.90 Å².